The summed E-state index contributed by atoms with van der Waals surface area (Å²) >= 11 is 1.02. The first kappa shape index (κ1) is 42.7. The Labute approximate surface area is 306 Å². The predicted molar refractivity (Wildman–Crippen MR) is 209 cm³/mol. The normalized spacial score (nSPS) is 20.1. The summed E-state index contributed by atoms with van der Waals surface area (Å²) in [5.41, 5.74) is 6.61. The maximum atomic E-state index is 14.1. The van der Waals surface area contributed by atoms with Crippen LogP contribution in [-0.4, -0.2) is 83.6 Å². The molecule has 1 saturated heterocycles. The van der Waals surface area contributed by atoms with Gasteiger partial charge in [0.2, 0.25) is 11.8 Å². The number of fused-ring (bicyclic) bond motifs is 1. The summed E-state index contributed by atoms with van der Waals surface area (Å²) < 4.78 is 41.8. The summed E-state index contributed by atoms with van der Waals surface area (Å²) in [4.78, 5) is 33.9. The Morgan fingerprint density at radius 1 is 0.800 bits per heavy atom. The number of thiazole rings is 1. The fraction of sp³-hybridized carbons (Fsp3) is 0.824. The fourth-order valence-electron chi connectivity index (χ4n) is 7.03. The van der Waals surface area contributed by atoms with Crippen molar-refractivity contribution < 1.29 is 32.3 Å². The number of hydrogen-bond donors (Lipinski definition) is 1. The van der Waals surface area contributed by atoms with Crippen LogP contribution in [-0.2, 0) is 27.5 Å². The van der Waals surface area contributed by atoms with Crippen LogP contribution in [0.25, 0.3) is 10.3 Å². The zero-order valence-electron chi connectivity index (χ0n) is 32.3. The molecule has 0 amide bonds. The summed E-state index contributed by atoms with van der Waals surface area (Å²) in [6.07, 6.45) is -0.905. The van der Waals surface area contributed by atoms with Gasteiger partial charge in [0.25, 0.3) is 0 Å². The minimum Gasteiger partial charge on any atom is -0.476 e. The highest BCUT2D eigenvalue weighted by atomic mass is 32.1. The standard InChI is InChI=1S/C34H64N4O8SSi3/c1-11-48(12-2,13-3)43-24-26-27(45-49(14-4,15-5)16-6)28(46-50(17-7,18-8)19-9)32(44-26)38-30-29(47-34(38)40)31(37-33(35)36-30)42-23-21-20-22-41-25(10)39/h26-28,32H,11-24H2,1-10H3,(H2,35,36,37)/t26-,27-,28-,32-/m1/s1. The van der Waals surface area contributed by atoms with E-state index in [1.54, 1.807) is 4.57 Å². The number of esters is 1. The number of ether oxygens (including phenoxy) is 3. The van der Waals surface area contributed by atoms with Crippen molar-refractivity contribution in [1.82, 2.24) is 14.5 Å². The molecule has 0 saturated carbocycles. The molecule has 16 heteroatoms. The molecule has 1 aliphatic rings. The first-order chi connectivity index (χ1) is 23.9. The number of aromatic nitrogens is 3. The largest absolute Gasteiger partial charge is 0.476 e. The van der Waals surface area contributed by atoms with Crippen LogP contribution < -0.4 is 15.3 Å². The lowest BCUT2D eigenvalue weighted by Crippen LogP contribution is -2.52. The quantitative estimate of drug-likeness (QED) is 0.0669. The molecular weight excluding hydrogens is 709 g/mol. The van der Waals surface area contributed by atoms with E-state index in [1.165, 1.54) is 6.92 Å². The number of anilines is 1. The second kappa shape index (κ2) is 19.4. The minimum atomic E-state index is -2.24. The van der Waals surface area contributed by atoms with Crippen LogP contribution in [0.15, 0.2) is 4.79 Å². The third-order valence-electron chi connectivity index (χ3n) is 11.2. The molecule has 4 atom stereocenters. The van der Waals surface area contributed by atoms with Crippen LogP contribution in [0.3, 0.4) is 0 Å². The van der Waals surface area contributed by atoms with Crippen molar-refractivity contribution in [3.05, 3.63) is 9.67 Å². The highest BCUT2D eigenvalue weighted by molar-refractivity contribution is 7.16. The first-order valence-corrected chi connectivity index (χ1v) is 27.4. The van der Waals surface area contributed by atoms with Crippen LogP contribution in [0.4, 0.5) is 5.95 Å². The second-order valence-corrected chi connectivity index (χ2v) is 28.6. The van der Waals surface area contributed by atoms with Crippen molar-refractivity contribution in [2.24, 2.45) is 0 Å². The number of carbonyl (C=O) groups excluding carboxylic acids is 1. The topological polar surface area (TPSA) is 146 Å². The SMILES string of the molecule is CC[Si](CC)(CC)OC[C@H]1O[C@@H](n2c(=O)sc3c(OCCCCOC(C)=O)nc(N)nc32)[C@H](O[Si](CC)(CC)CC)[C@@H]1O[Si](CC)(CC)CC. The number of hydrogen-bond acceptors (Lipinski definition) is 12. The van der Waals surface area contributed by atoms with Gasteiger partial charge in [0.15, 0.2) is 36.8 Å². The second-order valence-electron chi connectivity index (χ2n) is 13.4. The van der Waals surface area contributed by atoms with Gasteiger partial charge in [-0.1, -0.05) is 73.7 Å². The van der Waals surface area contributed by atoms with Crippen LogP contribution in [0.5, 0.6) is 5.88 Å². The Balaban J connectivity index is 2.15. The lowest BCUT2D eigenvalue weighted by Gasteiger charge is -2.40. The molecule has 0 unspecified atom stereocenters. The highest BCUT2D eigenvalue weighted by Crippen LogP contribution is 2.42. The van der Waals surface area contributed by atoms with Crippen molar-refractivity contribution in [2.45, 2.75) is 161 Å². The number of rotatable bonds is 23. The van der Waals surface area contributed by atoms with Crippen molar-refractivity contribution >= 4 is 58.6 Å². The molecule has 1 fully saturated rings. The van der Waals surface area contributed by atoms with E-state index in [0.717, 1.165) is 65.7 Å². The summed E-state index contributed by atoms with van der Waals surface area (Å²) in [7, 11) is -6.38. The molecule has 0 aliphatic carbocycles. The van der Waals surface area contributed by atoms with Crippen LogP contribution in [0.2, 0.25) is 54.4 Å². The van der Waals surface area contributed by atoms with E-state index in [4.69, 9.17) is 33.2 Å². The average molecular weight is 773 g/mol. The number of nitrogens with zero attached hydrogens (tertiary/aromatic N) is 3. The first-order valence-electron chi connectivity index (χ1n) is 19.0. The van der Waals surface area contributed by atoms with Gasteiger partial charge >= 0.3 is 10.8 Å². The third kappa shape index (κ3) is 9.85. The molecule has 286 valence electrons. The van der Waals surface area contributed by atoms with Gasteiger partial charge in [0.1, 0.15) is 23.0 Å². The molecule has 2 aromatic rings. The zero-order valence-corrected chi connectivity index (χ0v) is 36.1. The molecule has 2 N–H and O–H groups in total. The summed E-state index contributed by atoms with van der Waals surface area (Å²) in [5.74, 6) is -0.0608. The average Bonchev–Trinajstić information content (AvgIpc) is 3.62. The molecular formula is C34H64N4O8SSi3. The van der Waals surface area contributed by atoms with Gasteiger partial charge < -0.3 is 33.2 Å². The summed E-state index contributed by atoms with van der Waals surface area (Å²) in [5, 5.41) is 0. The molecule has 12 nitrogen and oxygen atoms in total. The molecule has 0 radical (unpaired) electrons. The van der Waals surface area contributed by atoms with E-state index in [2.05, 4.69) is 72.3 Å². The third-order valence-corrected chi connectivity index (χ3v) is 26.0. The molecule has 2 aromatic heterocycles. The van der Waals surface area contributed by atoms with Gasteiger partial charge in [-0.05, 0) is 67.2 Å². The van der Waals surface area contributed by atoms with Gasteiger partial charge in [-0.2, -0.15) is 9.97 Å². The lowest BCUT2D eigenvalue weighted by molar-refractivity contribution is -0.141. The molecule has 3 rings (SSSR count). The zero-order chi connectivity index (χ0) is 37.1. The number of carbonyl (C=O) groups is 1. The van der Waals surface area contributed by atoms with Crippen LogP contribution in [0.1, 0.15) is 88.3 Å². The van der Waals surface area contributed by atoms with Gasteiger partial charge in [0, 0.05) is 6.92 Å². The molecule has 3 heterocycles. The highest BCUT2D eigenvalue weighted by Gasteiger charge is 2.53. The maximum absolute atomic E-state index is 14.1. The Morgan fingerprint density at radius 3 is 1.84 bits per heavy atom. The molecule has 0 bridgehead atoms. The van der Waals surface area contributed by atoms with Gasteiger partial charge in [-0.25, -0.2) is 0 Å². The van der Waals surface area contributed by atoms with Gasteiger partial charge in [0.05, 0.1) is 19.8 Å². The van der Waals surface area contributed by atoms with Crippen molar-refractivity contribution in [2.75, 3.05) is 25.6 Å². The number of nitrogens with two attached hydrogens (primary N) is 1. The monoisotopic (exact) mass is 772 g/mol. The number of nitrogen functional groups attached to an aromatic ring is 1. The van der Waals surface area contributed by atoms with Crippen LogP contribution in [0, 0.1) is 0 Å². The molecule has 50 heavy (non-hydrogen) atoms. The van der Waals surface area contributed by atoms with Crippen LogP contribution >= 0.6 is 11.3 Å². The Morgan fingerprint density at radius 2 is 1.32 bits per heavy atom. The summed E-state index contributed by atoms with van der Waals surface area (Å²) in [6.45, 7) is 22.4. The Bertz CT molecular complexity index is 1390. The Hall–Kier alpha value is -1.67. The molecule has 0 spiro atoms. The molecule has 1 aliphatic heterocycles. The van der Waals surface area contributed by atoms with Crippen molar-refractivity contribution in [3.8, 4) is 5.88 Å². The number of unbranched alkanes of at least 4 members (excludes halogenated alkanes) is 1. The molecule has 0 aromatic carbocycles. The maximum Gasteiger partial charge on any atom is 0.311 e. The van der Waals surface area contributed by atoms with E-state index >= 15 is 0 Å². The lowest BCUT2D eigenvalue weighted by atomic mass is 10.1. The van der Waals surface area contributed by atoms with Crippen molar-refractivity contribution in [3.63, 3.8) is 0 Å². The Kier molecular flexibility index (Phi) is 16.6. The fourth-order valence-corrected chi connectivity index (χ4v) is 16.2. The van der Waals surface area contributed by atoms with E-state index in [-0.39, 0.29) is 22.7 Å². The minimum absolute atomic E-state index is 0.000465. The smallest absolute Gasteiger partial charge is 0.311 e. The van der Waals surface area contributed by atoms with Gasteiger partial charge in [-0.3, -0.25) is 14.2 Å². The van der Waals surface area contributed by atoms with E-state index in [0.29, 0.717) is 43.0 Å². The van der Waals surface area contributed by atoms with E-state index in [1.807, 2.05) is 0 Å². The predicted octanol–water partition coefficient (Wildman–Crippen LogP) is 7.86. The van der Waals surface area contributed by atoms with E-state index < -0.39 is 49.5 Å². The van der Waals surface area contributed by atoms with E-state index in [9.17, 15) is 9.59 Å². The summed E-state index contributed by atoms with van der Waals surface area (Å²) in [6, 6.07) is 8.82. The van der Waals surface area contributed by atoms with Gasteiger partial charge in [-0.15, -0.1) is 0 Å². The van der Waals surface area contributed by atoms with Crippen molar-refractivity contribution in [1.29, 1.82) is 0 Å².